The fraction of sp³-hybridized carbons (Fsp3) is 0.167. The Labute approximate surface area is 102 Å². The molecule has 0 atom stereocenters. The van der Waals surface area contributed by atoms with Gasteiger partial charge in [-0.1, -0.05) is 12.1 Å². The van der Waals surface area contributed by atoms with Crippen LogP contribution in [0.2, 0.25) is 0 Å². The summed E-state index contributed by atoms with van der Waals surface area (Å²) < 4.78 is 12.9. The first-order chi connectivity index (χ1) is 8.24. The van der Waals surface area contributed by atoms with Gasteiger partial charge in [-0.25, -0.2) is 9.37 Å². The highest BCUT2D eigenvalue weighted by molar-refractivity contribution is 7.07. The first kappa shape index (κ1) is 11.7. The molecule has 0 aliphatic heterocycles. The van der Waals surface area contributed by atoms with Crippen molar-refractivity contribution in [3.63, 3.8) is 0 Å². The second kappa shape index (κ2) is 5.54. The Balaban J connectivity index is 1.84. The van der Waals surface area contributed by atoms with Crippen LogP contribution in [0.25, 0.3) is 0 Å². The van der Waals surface area contributed by atoms with Gasteiger partial charge in [0.15, 0.2) is 0 Å². The number of nitrogens with zero attached hydrogens (tertiary/aromatic N) is 1. The fourth-order valence-electron chi connectivity index (χ4n) is 1.40. The van der Waals surface area contributed by atoms with Crippen molar-refractivity contribution in [2.45, 2.75) is 13.0 Å². The Morgan fingerprint density at radius 2 is 2.35 bits per heavy atom. The van der Waals surface area contributed by atoms with Crippen LogP contribution in [0.3, 0.4) is 0 Å². The summed E-state index contributed by atoms with van der Waals surface area (Å²) in [7, 11) is 0. The average molecular weight is 250 g/mol. The van der Waals surface area contributed by atoms with Crippen LogP contribution in [0.15, 0.2) is 35.2 Å². The van der Waals surface area contributed by atoms with E-state index in [-0.39, 0.29) is 18.1 Å². The summed E-state index contributed by atoms with van der Waals surface area (Å²) in [6, 6.07) is 6.17. The van der Waals surface area contributed by atoms with Crippen LogP contribution in [0, 0.1) is 5.82 Å². The lowest BCUT2D eigenvalue weighted by Gasteiger charge is -2.04. The number of benzene rings is 1. The van der Waals surface area contributed by atoms with E-state index in [1.165, 1.54) is 23.5 Å². The molecular weight excluding hydrogens is 239 g/mol. The number of amides is 1. The van der Waals surface area contributed by atoms with Gasteiger partial charge in [-0.05, 0) is 17.7 Å². The van der Waals surface area contributed by atoms with Gasteiger partial charge in [0.1, 0.15) is 5.82 Å². The molecule has 1 heterocycles. The maximum absolute atomic E-state index is 12.9. The van der Waals surface area contributed by atoms with Gasteiger partial charge < -0.3 is 5.32 Å². The number of carbonyl (C=O) groups excluding carboxylic acids is 1. The van der Waals surface area contributed by atoms with Crippen molar-refractivity contribution in [3.05, 3.63) is 52.2 Å². The van der Waals surface area contributed by atoms with Gasteiger partial charge >= 0.3 is 0 Å². The smallest absolute Gasteiger partial charge is 0.226 e. The summed E-state index contributed by atoms with van der Waals surface area (Å²) in [6.45, 7) is 0.334. The first-order valence-corrected chi connectivity index (χ1v) is 6.06. The van der Waals surface area contributed by atoms with Crippen molar-refractivity contribution in [1.29, 1.82) is 0 Å². The zero-order chi connectivity index (χ0) is 12.1. The minimum absolute atomic E-state index is 0.111. The third kappa shape index (κ3) is 3.64. The molecule has 17 heavy (non-hydrogen) atoms. The maximum Gasteiger partial charge on any atom is 0.226 e. The molecule has 88 valence electrons. The van der Waals surface area contributed by atoms with Crippen molar-refractivity contribution >= 4 is 17.2 Å². The van der Waals surface area contributed by atoms with Crippen LogP contribution in [-0.4, -0.2) is 10.9 Å². The van der Waals surface area contributed by atoms with Gasteiger partial charge in [0.2, 0.25) is 5.91 Å². The lowest BCUT2D eigenvalue weighted by molar-refractivity contribution is -0.120. The second-order valence-electron chi connectivity index (χ2n) is 3.56. The van der Waals surface area contributed by atoms with Crippen LogP contribution in [0.4, 0.5) is 4.39 Å². The summed E-state index contributed by atoms with van der Waals surface area (Å²) in [5.74, 6) is -0.406. The molecule has 0 fully saturated rings. The van der Waals surface area contributed by atoms with Crippen molar-refractivity contribution in [2.24, 2.45) is 0 Å². The van der Waals surface area contributed by atoms with Crippen molar-refractivity contribution in [2.75, 3.05) is 0 Å². The number of hydrogen-bond donors (Lipinski definition) is 1. The molecule has 0 unspecified atom stereocenters. The van der Waals surface area contributed by atoms with Crippen LogP contribution in [-0.2, 0) is 17.8 Å². The average Bonchev–Trinajstić information content (AvgIpc) is 2.79. The molecule has 0 saturated heterocycles. The number of hydrogen-bond acceptors (Lipinski definition) is 3. The van der Waals surface area contributed by atoms with Crippen molar-refractivity contribution < 1.29 is 9.18 Å². The Hall–Kier alpha value is -1.75. The van der Waals surface area contributed by atoms with E-state index in [9.17, 15) is 9.18 Å². The molecule has 5 heteroatoms. The minimum atomic E-state index is -0.295. The molecular formula is C12H11FN2OS. The normalized spacial score (nSPS) is 10.2. The van der Waals surface area contributed by atoms with E-state index in [1.54, 1.807) is 17.6 Å². The summed E-state index contributed by atoms with van der Waals surface area (Å²) in [5.41, 5.74) is 3.19. The molecule has 1 N–H and O–H groups in total. The molecule has 0 spiro atoms. The van der Waals surface area contributed by atoms with Gasteiger partial charge in [-0.2, -0.15) is 0 Å². The largest absolute Gasteiger partial charge is 0.352 e. The molecule has 0 aliphatic carbocycles. The molecule has 0 radical (unpaired) electrons. The van der Waals surface area contributed by atoms with Gasteiger partial charge in [0.05, 0.1) is 17.6 Å². The SMILES string of the molecule is O=C(Cc1cscn1)NCc1cccc(F)c1. The predicted molar refractivity (Wildman–Crippen MR) is 64.1 cm³/mol. The summed E-state index contributed by atoms with van der Waals surface area (Å²) in [6.07, 6.45) is 0.263. The first-order valence-electron chi connectivity index (χ1n) is 5.12. The minimum Gasteiger partial charge on any atom is -0.352 e. The Bertz CT molecular complexity index is 499. The van der Waals surface area contributed by atoms with Gasteiger partial charge in [0.25, 0.3) is 0 Å². The number of aromatic nitrogens is 1. The van der Waals surface area contributed by atoms with Gasteiger partial charge in [0, 0.05) is 11.9 Å². The zero-order valence-electron chi connectivity index (χ0n) is 9.02. The summed E-state index contributed by atoms with van der Waals surface area (Å²) in [4.78, 5) is 15.6. The van der Waals surface area contributed by atoms with Crippen LogP contribution < -0.4 is 5.32 Å². The summed E-state index contributed by atoms with van der Waals surface area (Å²) >= 11 is 1.46. The topological polar surface area (TPSA) is 42.0 Å². The molecule has 1 aromatic heterocycles. The Kier molecular flexibility index (Phi) is 3.82. The Morgan fingerprint density at radius 3 is 3.06 bits per heavy atom. The lowest BCUT2D eigenvalue weighted by Crippen LogP contribution is -2.24. The van der Waals surface area contributed by atoms with E-state index in [0.717, 1.165) is 11.3 Å². The van der Waals surface area contributed by atoms with E-state index in [0.29, 0.717) is 6.54 Å². The number of halogens is 1. The second-order valence-corrected chi connectivity index (χ2v) is 4.28. The molecule has 2 rings (SSSR count). The zero-order valence-corrected chi connectivity index (χ0v) is 9.84. The molecule has 0 aliphatic rings. The lowest BCUT2D eigenvalue weighted by atomic mass is 10.2. The third-order valence-electron chi connectivity index (χ3n) is 2.20. The number of carbonyl (C=O) groups is 1. The number of nitrogens with one attached hydrogen (secondary N) is 1. The maximum atomic E-state index is 12.9. The molecule has 2 aromatic rings. The van der Waals surface area contributed by atoms with Crippen molar-refractivity contribution in [1.82, 2.24) is 10.3 Å². The van der Waals surface area contributed by atoms with E-state index >= 15 is 0 Å². The van der Waals surface area contributed by atoms with Crippen LogP contribution in [0.1, 0.15) is 11.3 Å². The highest BCUT2D eigenvalue weighted by Gasteiger charge is 2.04. The van der Waals surface area contributed by atoms with Gasteiger partial charge in [-0.15, -0.1) is 11.3 Å². The monoisotopic (exact) mass is 250 g/mol. The molecule has 1 aromatic carbocycles. The molecule has 1 amide bonds. The standard InChI is InChI=1S/C12H11FN2OS/c13-10-3-1-2-9(4-10)6-14-12(16)5-11-7-17-8-15-11/h1-4,7-8H,5-6H2,(H,14,16). The highest BCUT2D eigenvalue weighted by atomic mass is 32.1. The number of rotatable bonds is 4. The summed E-state index contributed by atoms with van der Waals surface area (Å²) in [5, 5.41) is 4.56. The molecule has 3 nitrogen and oxygen atoms in total. The molecule has 0 saturated carbocycles. The van der Waals surface area contributed by atoms with E-state index in [4.69, 9.17) is 0 Å². The Morgan fingerprint density at radius 1 is 1.47 bits per heavy atom. The van der Waals surface area contributed by atoms with Crippen LogP contribution >= 0.6 is 11.3 Å². The van der Waals surface area contributed by atoms with E-state index in [2.05, 4.69) is 10.3 Å². The van der Waals surface area contributed by atoms with Gasteiger partial charge in [-0.3, -0.25) is 4.79 Å². The van der Waals surface area contributed by atoms with Crippen LogP contribution in [0.5, 0.6) is 0 Å². The predicted octanol–water partition coefficient (Wildman–Crippen LogP) is 2.14. The fourth-order valence-corrected chi connectivity index (χ4v) is 1.96. The molecule has 0 bridgehead atoms. The van der Waals surface area contributed by atoms with E-state index < -0.39 is 0 Å². The van der Waals surface area contributed by atoms with Crippen molar-refractivity contribution in [3.8, 4) is 0 Å². The van der Waals surface area contributed by atoms with E-state index in [1.807, 2.05) is 5.38 Å². The third-order valence-corrected chi connectivity index (χ3v) is 2.84. The number of thiazole rings is 1. The highest BCUT2D eigenvalue weighted by Crippen LogP contribution is 2.04. The quantitative estimate of drug-likeness (QED) is 0.903.